The average Bonchev–Trinajstić information content (AvgIpc) is 3.21. The van der Waals surface area contributed by atoms with E-state index in [-0.39, 0.29) is 0 Å². The van der Waals surface area contributed by atoms with Gasteiger partial charge in [0.15, 0.2) is 0 Å². The summed E-state index contributed by atoms with van der Waals surface area (Å²) < 4.78 is 0. The van der Waals surface area contributed by atoms with Gasteiger partial charge in [0.1, 0.15) is 0 Å². The highest BCUT2D eigenvalue weighted by Gasteiger charge is 2.07. The van der Waals surface area contributed by atoms with Crippen LogP contribution in [0.15, 0.2) is 205 Å². The molecule has 0 spiro atoms. The predicted molar refractivity (Wildman–Crippen MR) is 232 cm³/mol. The van der Waals surface area contributed by atoms with E-state index in [1.54, 1.807) is 0 Å². The Morgan fingerprint density at radius 2 is 0.736 bits per heavy atom. The third-order valence-corrected chi connectivity index (χ3v) is 7.90. The van der Waals surface area contributed by atoms with Crippen LogP contribution in [-0.2, 0) is 0 Å². The lowest BCUT2D eigenvalue weighted by molar-refractivity contribution is 1.09. The maximum Gasteiger partial charge on any atom is 0.0652 e. The fourth-order valence-electron chi connectivity index (χ4n) is 5.13. The van der Waals surface area contributed by atoms with E-state index in [0.29, 0.717) is 0 Å². The van der Waals surface area contributed by atoms with Crippen molar-refractivity contribution < 1.29 is 0 Å². The van der Waals surface area contributed by atoms with Crippen molar-refractivity contribution in [3.63, 3.8) is 0 Å². The van der Waals surface area contributed by atoms with E-state index in [9.17, 15) is 0 Å². The topological polar surface area (TPSA) is 15.6 Å². The standard InChI is InChI=1S/C21H18.C20H18N2.C7H8.C3H8/c1-17-12-14-18(15-13-17)16-21(19-8-4-2-5-9-19)20-10-6-3-7-11-20;1-17-12-14-18(15-13-17)16-21-22(19-8-4-2-5-9-19)20-10-6-3-7-11-20;1-7-5-3-2-4-6-7;1-3-2/h2-16H,1H3;2-16H,1H3;2-6H,1H3;3H2,1-2H3. The van der Waals surface area contributed by atoms with Crippen LogP contribution in [0.5, 0.6) is 0 Å². The zero-order chi connectivity index (χ0) is 37.5. The number of aryl methyl sites for hydroxylation is 3. The van der Waals surface area contributed by atoms with Crippen LogP contribution in [0.4, 0.5) is 11.4 Å². The van der Waals surface area contributed by atoms with Crippen LogP contribution >= 0.6 is 0 Å². The lowest BCUT2D eigenvalue weighted by Crippen LogP contribution is -2.09. The Morgan fingerprint density at radius 1 is 0.415 bits per heavy atom. The summed E-state index contributed by atoms with van der Waals surface area (Å²) in [7, 11) is 0. The number of hydrogen-bond donors (Lipinski definition) is 0. The highest BCUT2D eigenvalue weighted by atomic mass is 15.5. The van der Waals surface area contributed by atoms with E-state index in [0.717, 1.165) is 16.9 Å². The molecule has 0 bridgehead atoms. The van der Waals surface area contributed by atoms with Crippen LogP contribution in [0.2, 0.25) is 0 Å². The third kappa shape index (κ3) is 14.1. The van der Waals surface area contributed by atoms with Crippen molar-refractivity contribution in [2.75, 3.05) is 5.01 Å². The summed E-state index contributed by atoms with van der Waals surface area (Å²) >= 11 is 0. The second-order valence-electron chi connectivity index (χ2n) is 12.7. The van der Waals surface area contributed by atoms with Crippen LogP contribution in [0.25, 0.3) is 11.6 Å². The number of anilines is 2. The number of para-hydroxylation sites is 2. The molecule has 0 aliphatic carbocycles. The lowest BCUT2D eigenvalue weighted by atomic mass is 9.95. The molecule has 0 aliphatic heterocycles. The van der Waals surface area contributed by atoms with Gasteiger partial charge in [-0.2, -0.15) is 5.10 Å². The largest absolute Gasteiger partial charge is 0.234 e. The summed E-state index contributed by atoms with van der Waals surface area (Å²) in [5.74, 6) is 0. The monoisotopic (exact) mass is 692 g/mol. The number of rotatable bonds is 7. The van der Waals surface area contributed by atoms with Crippen molar-refractivity contribution in [2.45, 2.75) is 41.0 Å². The van der Waals surface area contributed by atoms with Crippen molar-refractivity contribution >= 4 is 29.2 Å². The number of hydrogen-bond acceptors (Lipinski definition) is 2. The quantitative estimate of drug-likeness (QED) is 0.0922. The Bertz CT molecular complexity index is 1950. The fraction of sp³-hybridized carbons (Fsp3) is 0.118. The highest BCUT2D eigenvalue weighted by molar-refractivity contribution is 5.91. The van der Waals surface area contributed by atoms with Gasteiger partial charge in [-0.05, 0) is 78.9 Å². The second kappa shape index (κ2) is 22.5. The van der Waals surface area contributed by atoms with E-state index in [4.69, 9.17) is 0 Å². The third-order valence-electron chi connectivity index (χ3n) is 7.90. The molecular weight excluding hydrogens is 641 g/mol. The molecule has 0 amide bonds. The minimum Gasteiger partial charge on any atom is -0.234 e. The summed E-state index contributed by atoms with van der Waals surface area (Å²) in [4.78, 5) is 0. The molecule has 0 aromatic heterocycles. The van der Waals surface area contributed by atoms with E-state index >= 15 is 0 Å². The van der Waals surface area contributed by atoms with Gasteiger partial charge < -0.3 is 0 Å². The van der Waals surface area contributed by atoms with Crippen molar-refractivity contribution in [2.24, 2.45) is 5.10 Å². The lowest BCUT2D eigenvalue weighted by Gasteiger charge is -2.19. The van der Waals surface area contributed by atoms with Gasteiger partial charge >= 0.3 is 0 Å². The Hall–Kier alpha value is -6.25. The minimum atomic E-state index is 1.04. The van der Waals surface area contributed by atoms with Crippen molar-refractivity contribution in [3.05, 3.63) is 239 Å². The van der Waals surface area contributed by atoms with Crippen LogP contribution in [-0.4, -0.2) is 6.21 Å². The molecule has 0 unspecified atom stereocenters. The summed E-state index contributed by atoms with van der Waals surface area (Å²) in [6.07, 6.45) is 5.39. The Labute approximate surface area is 318 Å². The molecule has 2 nitrogen and oxygen atoms in total. The summed E-state index contributed by atoms with van der Waals surface area (Å²) in [6.45, 7) is 10.5. The number of nitrogens with zero attached hydrogens (tertiary/aromatic N) is 2. The Kier molecular flexibility index (Phi) is 16.8. The first kappa shape index (κ1) is 39.5. The SMILES string of the molecule is CCC.Cc1ccc(C=C(c2ccccc2)c2ccccc2)cc1.Cc1ccc(C=NN(c2ccccc2)c2ccccc2)cc1.Cc1ccccc1. The van der Waals surface area contributed by atoms with E-state index in [1.807, 2.05) is 65.8 Å². The molecular formula is C51H52N2. The van der Waals surface area contributed by atoms with Gasteiger partial charge in [-0.15, -0.1) is 0 Å². The van der Waals surface area contributed by atoms with Crippen LogP contribution in [0, 0.1) is 20.8 Å². The summed E-state index contributed by atoms with van der Waals surface area (Å²) in [5.41, 5.74) is 12.0. The second-order valence-corrected chi connectivity index (χ2v) is 12.7. The Morgan fingerprint density at radius 3 is 1.09 bits per heavy atom. The zero-order valence-corrected chi connectivity index (χ0v) is 31.8. The molecule has 7 aromatic carbocycles. The zero-order valence-electron chi connectivity index (χ0n) is 31.8. The van der Waals surface area contributed by atoms with E-state index in [2.05, 4.69) is 191 Å². The van der Waals surface area contributed by atoms with Gasteiger partial charge in [0.05, 0.1) is 17.6 Å². The molecule has 53 heavy (non-hydrogen) atoms. The van der Waals surface area contributed by atoms with Crippen molar-refractivity contribution in [1.82, 2.24) is 0 Å². The molecule has 2 heteroatoms. The molecule has 0 fully saturated rings. The predicted octanol–water partition coefficient (Wildman–Crippen LogP) is 14.2. The highest BCUT2D eigenvalue weighted by Crippen LogP contribution is 2.27. The van der Waals surface area contributed by atoms with Crippen LogP contribution < -0.4 is 5.01 Å². The smallest absolute Gasteiger partial charge is 0.0652 e. The maximum atomic E-state index is 4.67. The summed E-state index contributed by atoms with van der Waals surface area (Å²) in [5, 5.41) is 6.62. The molecule has 0 heterocycles. The molecule has 266 valence electrons. The molecule has 7 aromatic rings. The first-order valence-corrected chi connectivity index (χ1v) is 18.4. The maximum absolute atomic E-state index is 4.67. The molecule has 0 radical (unpaired) electrons. The normalized spacial score (nSPS) is 9.98. The summed E-state index contributed by atoms with van der Waals surface area (Å²) in [6, 6.07) is 68.6. The molecule has 0 N–H and O–H groups in total. The molecule has 0 aliphatic rings. The van der Waals surface area contributed by atoms with Crippen molar-refractivity contribution in [1.29, 1.82) is 0 Å². The van der Waals surface area contributed by atoms with E-state index in [1.165, 1.54) is 45.4 Å². The number of benzene rings is 7. The van der Waals surface area contributed by atoms with Crippen molar-refractivity contribution in [3.8, 4) is 0 Å². The molecule has 0 saturated heterocycles. The fourth-order valence-corrected chi connectivity index (χ4v) is 5.13. The number of hydrazone groups is 1. The van der Waals surface area contributed by atoms with Gasteiger partial charge in [-0.25, -0.2) is 5.01 Å². The van der Waals surface area contributed by atoms with Gasteiger partial charge in [0, 0.05) is 0 Å². The molecule has 7 rings (SSSR count). The molecule has 0 saturated carbocycles. The first-order valence-electron chi connectivity index (χ1n) is 18.4. The van der Waals surface area contributed by atoms with Gasteiger partial charge in [0.2, 0.25) is 0 Å². The van der Waals surface area contributed by atoms with Crippen LogP contribution in [0.3, 0.4) is 0 Å². The van der Waals surface area contributed by atoms with Gasteiger partial charge in [-0.3, -0.25) is 0 Å². The van der Waals surface area contributed by atoms with E-state index < -0.39 is 0 Å². The van der Waals surface area contributed by atoms with Gasteiger partial charge in [-0.1, -0.05) is 213 Å². The van der Waals surface area contributed by atoms with Gasteiger partial charge in [0.25, 0.3) is 0 Å². The first-order chi connectivity index (χ1) is 26.0. The molecule has 0 atom stereocenters. The minimum absolute atomic E-state index is 1.04. The average molecular weight is 693 g/mol. The van der Waals surface area contributed by atoms with Crippen LogP contribution in [0.1, 0.15) is 59.2 Å². The Balaban J connectivity index is 0.000000189.